The highest BCUT2D eigenvalue weighted by molar-refractivity contribution is 6.33. The number of carbonyl (C=O) groups excluding carboxylic acids is 3. The molecule has 0 radical (unpaired) electrons. The maximum absolute atomic E-state index is 14.5. The Morgan fingerprint density at radius 1 is 1.10 bits per heavy atom. The second-order valence-electron chi connectivity index (χ2n) is 15.1. The number of aromatic nitrogens is 5. The molecule has 22 heteroatoms. The van der Waals surface area contributed by atoms with E-state index < -0.39 is 77.2 Å². The van der Waals surface area contributed by atoms with E-state index in [1.54, 1.807) is 13.0 Å². The lowest BCUT2D eigenvalue weighted by atomic mass is 9.85. The van der Waals surface area contributed by atoms with Crippen LogP contribution in [0.1, 0.15) is 71.8 Å². The number of benzene rings is 1. The summed E-state index contributed by atoms with van der Waals surface area (Å²) in [7, 11) is 0. The largest absolute Gasteiger partial charge is 0.505 e. The van der Waals surface area contributed by atoms with E-state index >= 15 is 0 Å². The first kappa shape index (κ1) is 40.8. The number of hydrogen-bond acceptors (Lipinski definition) is 10. The van der Waals surface area contributed by atoms with Crippen LogP contribution in [0.5, 0.6) is 5.75 Å². The average Bonchev–Trinajstić information content (AvgIpc) is 3.71. The predicted octanol–water partition coefficient (Wildman–Crippen LogP) is 5.23. The van der Waals surface area contributed by atoms with Crippen LogP contribution < -0.4 is 10.9 Å². The van der Waals surface area contributed by atoms with E-state index in [4.69, 9.17) is 16.3 Å². The molecule has 6 heterocycles. The number of ether oxygens (including phenoxy) is 1. The zero-order valence-electron chi connectivity index (χ0n) is 31.3. The molecule has 3 aromatic heterocycles. The first-order valence-electron chi connectivity index (χ1n) is 18.6. The lowest BCUT2D eigenvalue weighted by Gasteiger charge is -2.39. The third-order valence-electron chi connectivity index (χ3n) is 11.5. The SMILES string of the molecule is C[C@H]1OC2(CCN(C(=O)c3ncccc3O)CC2)c2c1n(CC(=O)Nc1ccc(C(F)(F)F)cc1Cl)c1nc(C3=CCN(C(=O)C4(C#N)CC4C(F)(F)F)CC3)nn1c2=O. The van der Waals surface area contributed by atoms with Crippen LogP contribution in [0.15, 0.2) is 47.4 Å². The third-order valence-corrected chi connectivity index (χ3v) is 11.8. The van der Waals surface area contributed by atoms with Crippen LogP contribution in [0.3, 0.4) is 0 Å². The van der Waals surface area contributed by atoms with Gasteiger partial charge in [-0.05, 0) is 68.5 Å². The van der Waals surface area contributed by atoms with Gasteiger partial charge >= 0.3 is 12.4 Å². The summed E-state index contributed by atoms with van der Waals surface area (Å²) >= 11 is 6.13. The Morgan fingerprint density at radius 2 is 1.83 bits per heavy atom. The summed E-state index contributed by atoms with van der Waals surface area (Å²) in [5.74, 6) is -4.74. The molecule has 1 saturated carbocycles. The molecular weight excluding hydrogens is 828 g/mol. The molecule has 3 aliphatic heterocycles. The third kappa shape index (κ3) is 6.80. The smallest absolute Gasteiger partial charge is 0.416 e. The fourth-order valence-electron chi connectivity index (χ4n) is 8.35. The molecule has 4 aliphatic rings. The van der Waals surface area contributed by atoms with Gasteiger partial charge in [-0.25, -0.2) is 4.98 Å². The van der Waals surface area contributed by atoms with Gasteiger partial charge in [-0.15, -0.1) is 5.10 Å². The van der Waals surface area contributed by atoms with Gasteiger partial charge < -0.3 is 29.5 Å². The quantitative estimate of drug-likeness (QED) is 0.243. The van der Waals surface area contributed by atoms with E-state index in [1.807, 2.05) is 0 Å². The molecule has 2 unspecified atom stereocenters. The predicted molar refractivity (Wildman–Crippen MR) is 196 cm³/mol. The number of nitriles is 1. The number of nitrogens with zero attached hydrogens (tertiary/aromatic N) is 8. The highest BCUT2D eigenvalue weighted by Gasteiger charge is 2.72. The zero-order chi connectivity index (χ0) is 43.1. The molecule has 0 bridgehead atoms. The number of halogens is 7. The average molecular weight is 860 g/mol. The van der Waals surface area contributed by atoms with Gasteiger partial charge in [0.05, 0.1) is 45.6 Å². The fraction of sp³-hybridized carbons (Fsp3) is 0.421. The lowest BCUT2D eigenvalue weighted by Crippen LogP contribution is -2.47. The molecule has 2 N–H and O–H groups in total. The van der Waals surface area contributed by atoms with Crippen LogP contribution in [-0.4, -0.2) is 89.1 Å². The minimum Gasteiger partial charge on any atom is -0.505 e. The number of pyridine rings is 1. The molecule has 3 amide bonds. The first-order chi connectivity index (χ1) is 28.3. The van der Waals surface area contributed by atoms with Gasteiger partial charge in [-0.1, -0.05) is 17.7 Å². The Bertz CT molecular complexity index is 2610. The number of piperidine rings is 1. The van der Waals surface area contributed by atoms with E-state index in [-0.39, 0.29) is 90.5 Å². The molecule has 1 aliphatic carbocycles. The number of amides is 3. The summed E-state index contributed by atoms with van der Waals surface area (Å²) in [4.78, 5) is 65.9. The Balaban J connectivity index is 1.14. The van der Waals surface area contributed by atoms with Gasteiger partial charge in [0, 0.05) is 32.4 Å². The number of hydrogen-bond donors (Lipinski definition) is 2. The minimum atomic E-state index is -4.71. The number of alkyl halides is 6. The van der Waals surface area contributed by atoms with Crippen LogP contribution in [-0.2, 0) is 32.6 Å². The number of nitrogens with one attached hydrogen (secondary N) is 1. The normalized spacial score (nSPS) is 22.4. The lowest BCUT2D eigenvalue weighted by molar-refractivity contribution is -0.161. The molecule has 1 spiro atoms. The van der Waals surface area contributed by atoms with Gasteiger partial charge in [0.25, 0.3) is 11.5 Å². The summed E-state index contributed by atoms with van der Waals surface area (Å²) in [5.41, 5.74) is -4.64. The van der Waals surface area contributed by atoms with Crippen molar-refractivity contribution >= 4 is 46.4 Å². The molecule has 8 rings (SSSR count). The molecule has 15 nitrogen and oxygen atoms in total. The van der Waals surface area contributed by atoms with Crippen molar-refractivity contribution in [2.45, 2.75) is 63.2 Å². The van der Waals surface area contributed by atoms with Crippen LogP contribution in [0.25, 0.3) is 11.4 Å². The van der Waals surface area contributed by atoms with Crippen molar-refractivity contribution in [3.05, 3.63) is 86.3 Å². The van der Waals surface area contributed by atoms with Gasteiger partial charge in [-0.3, -0.25) is 19.2 Å². The molecule has 1 aromatic carbocycles. The van der Waals surface area contributed by atoms with E-state index in [9.17, 15) is 55.9 Å². The van der Waals surface area contributed by atoms with Crippen molar-refractivity contribution < 1.29 is 50.6 Å². The molecular formula is C38H32ClF6N9O6. The fourth-order valence-corrected chi connectivity index (χ4v) is 8.58. The summed E-state index contributed by atoms with van der Waals surface area (Å²) in [5, 5.41) is 26.4. The van der Waals surface area contributed by atoms with Crippen LogP contribution in [0.4, 0.5) is 32.0 Å². The van der Waals surface area contributed by atoms with Gasteiger partial charge in [0.15, 0.2) is 11.5 Å². The molecule has 3 atom stereocenters. The van der Waals surface area contributed by atoms with E-state index in [2.05, 4.69) is 20.4 Å². The standard InChI is InChI=1S/C38H32ClF6N9O6/c1-19-29-27(36(60-19)8-13-51(14-9-36)32(58)28-24(55)3-2-10-47-28)31(57)54-34(53(29)17-26(56)48-23-5-4-21(15-22(23)39)37(40,41)42)49-30(50-54)20-6-11-52(12-7-20)33(59)35(18-46)16-25(35)38(43,44)45/h2-6,10,15,19,25,55H,7-9,11-14,16-17H2,1H3,(H,48,56)/t19-,25?,35?/m1/s1. The van der Waals surface area contributed by atoms with Crippen LogP contribution in [0, 0.1) is 22.7 Å². The Labute approximate surface area is 339 Å². The number of carbonyl (C=O) groups is 3. The molecule has 314 valence electrons. The highest BCUT2D eigenvalue weighted by Crippen LogP contribution is 2.61. The van der Waals surface area contributed by atoms with Crippen molar-refractivity contribution in [2.24, 2.45) is 11.3 Å². The van der Waals surface area contributed by atoms with Crippen molar-refractivity contribution in [1.29, 1.82) is 5.26 Å². The number of fused-ring (bicyclic) bond motifs is 3. The maximum Gasteiger partial charge on any atom is 0.416 e. The van der Waals surface area contributed by atoms with Crippen LogP contribution in [0.2, 0.25) is 5.02 Å². The van der Waals surface area contributed by atoms with Crippen LogP contribution >= 0.6 is 11.6 Å². The van der Waals surface area contributed by atoms with E-state index in [0.717, 1.165) is 21.5 Å². The van der Waals surface area contributed by atoms with E-state index in [0.29, 0.717) is 11.6 Å². The Hall–Kier alpha value is -6.01. The highest BCUT2D eigenvalue weighted by atomic mass is 35.5. The summed E-state index contributed by atoms with van der Waals surface area (Å²) in [6.07, 6.45) is -7.75. The summed E-state index contributed by atoms with van der Waals surface area (Å²) < 4.78 is 89.1. The summed E-state index contributed by atoms with van der Waals surface area (Å²) in [6.45, 7) is 0.990. The van der Waals surface area contributed by atoms with Crippen molar-refractivity contribution in [3.8, 4) is 11.8 Å². The first-order valence-corrected chi connectivity index (χ1v) is 18.9. The topological polar surface area (TPSA) is 188 Å². The van der Waals surface area contributed by atoms with Crippen molar-refractivity contribution in [1.82, 2.24) is 33.9 Å². The minimum absolute atomic E-state index is 0.00982. The van der Waals surface area contributed by atoms with Crippen molar-refractivity contribution in [2.75, 3.05) is 31.5 Å². The van der Waals surface area contributed by atoms with E-state index in [1.165, 1.54) is 33.9 Å². The molecule has 1 saturated heterocycles. The second kappa shape index (κ2) is 14.3. The number of anilines is 1. The molecule has 2 fully saturated rings. The molecule has 4 aromatic rings. The zero-order valence-corrected chi connectivity index (χ0v) is 32.0. The summed E-state index contributed by atoms with van der Waals surface area (Å²) in [6, 6.07) is 6.77. The maximum atomic E-state index is 14.5. The Kier molecular flexibility index (Phi) is 9.73. The number of aromatic hydroxyl groups is 1. The van der Waals surface area contributed by atoms with Crippen molar-refractivity contribution in [3.63, 3.8) is 0 Å². The monoisotopic (exact) mass is 859 g/mol. The Morgan fingerprint density at radius 3 is 2.43 bits per heavy atom. The second-order valence-corrected chi connectivity index (χ2v) is 15.5. The number of rotatable bonds is 6. The molecule has 60 heavy (non-hydrogen) atoms. The van der Waals surface area contributed by atoms with Gasteiger partial charge in [0.2, 0.25) is 17.6 Å². The van der Waals surface area contributed by atoms with Gasteiger partial charge in [0.1, 0.15) is 23.3 Å². The van der Waals surface area contributed by atoms with Gasteiger partial charge in [-0.2, -0.15) is 41.1 Å². The number of likely N-dealkylation sites (tertiary alicyclic amines) is 1.